The van der Waals surface area contributed by atoms with Crippen molar-refractivity contribution in [1.82, 2.24) is 19.5 Å². The predicted molar refractivity (Wildman–Crippen MR) is 160 cm³/mol. The van der Waals surface area contributed by atoms with E-state index in [9.17, 15) is 36.4 Å². The number of carbonyl (C=O) groups excluding carboxylic acids is 2. The second kappa shape index (κ2) is 14.3. The molecule has 1 amide bonds. The molecule has 0 radical (unpaired) electrons. The fraction of sp³-hybridized carbons (Fsp3) is 0.414. The van der Waals surface area contributed by atoms with Crippen LogP contribution in [0.15, 0.2) is 64.8 Å². The van der Waals surface area contributed by atoms with Crippen LogP contribution < -0.4 is 4.72 Å². The summed E-state index contributed by atoms with van der Waals surface area (Å²) < 4.78 is 79.1. The van der Waals surface area contributed by atoms with E-state index in [1.54, 1.807) is 38.1 Å². The molecule has 1 atom stereocenters. The SMILES string of the molecule is Cc1ccc(-c2cc(C(F)(F)F)nn2-c2ccc(S(=O)(=O)NC(=O)CN(/[N+]([O-])=N/OC(C)OC(=O)OC(C)C)C(C)(C)C)cc2)cc1. The second-order valence-electron chi connectivity index (χ2n) is 11.5. The fourth-order valence-corrected chi connectivity index (χ4v) is 4.85. The molecule has 3 rings (SSSR count). The Morgan fingerprint density at radius 2 is 1.64 bits per heavy atom. The molecule has 0 fully saturated rings. The Morgan fingerprint density at radius 3 is 2.17 bits per heavy atom. The molecule has 256 valence electrons. The molecule has 18 heteroatoms. The van der Waals surface area contributed by atoms with Crippen LogP contribution >= 0.6 is 0 Å². The molecule has 3 aromatic rings. The molecule has 0 saturated carbocycles. The van der Waals surface area contributed by atoms with Gasteiger partial charge in [0.2, 0.25) is 5.28 Å². The number of ether oxygens (including phenoxy) is 2. The van der Waals surface area contributed by atoms with E-state index in [-0.39, 0.29) is 21.2 Å². The Balaban J connectivity index is 1.78. The molecule has 0 bridgehead atoms. The minimum Gasteiger partial charge on any atom is -0.569 e. The highest BCUT2D eigenvalue weighted by Crippen LogP contribution is 2.33. The number of nitrogens with zero attached hydrogens (tertiary/aromatic N) is 5. The molecule has 14 nitrogen and oxygen atoms in total. The summed E-state index contributed by atoms with van der Waals surface area (Å²) in [7, 11) is -4.50. The molecule has 1 unspecified atom stereocenters. The van der Waals surface area contributed by atoms with Crippen molar-refractivity contribution < 1.29 is 50.5 Å². The first-order valence-electron chi connectivity index (χ1n) is 14.1. The number of aryl methyl sites for hydroxylation is 1. The van der Waals surface area contributed by atoms with Gasteiger partial charge in [0.1, 0.15) is 0 Å². The zero-order chi connectivity index (χ0) is 35.3. The maximum atomic E-state index is 13.5. The van der Waals surface area contributed by atoms with Gasteiger partial charge in [0.05, 0.1) is 32.9 Å². The number of alkyl halides is 3. The quantitative estimate of drug-likeness (QED) is 0.0897. The number of benzene rings is 2. The van der Waals surface area contributed by atoms with Crippen LogP contribution in [0.4, 0.5) is 18.0 Å². The van der Waals surface area contributed by atoms with Gasteiger partial charge in [-0.1, -0.05) is 29.8 Å². The van der Waals surface area contributed by atoms with E-state index in [0.29, 0.717) is 5.56 Å². The van der Waals surface area contributed by atoms with Crippen molar-refractivity contribution in [2.24, 2.45) is 5.28 Å². The Morgan fingerprint density at radius 1 is 1.04 bits per heavy atom. The summed E-state index contributed by atoms with van der Waals surface area (Å²) in [6.07, 6.45) is -7.60. The van der Waals surface area contributed by atoms with Crippen LogP contribution in [0.3, 0.4) is 0 Å². The van der Waals surface area contributed by atoms with Gasteiger partial charge in [0, 0.05) is 12.5 Å². The number of hydrogen-bond acceptors (Lipinski definition) is 10. The van der Waals surface area contributed by atoms with Crippen molar-refractivity contribution in [3.05, 3.63) is 71.1 Å². The monoisotopic (exact) mass is 684 g/mol. The molecule has 1 aromatic heterocycles. The van der Waals surface area contributed by atoms with Crippen LogP contribution in [0.25, 0.3) is 16.9 Å². The molecular formula is C29H35F3N6O8S. The fourth-order valence-electron chi connectivity index (χ4n) is 3.87. The van der Waals surface area contributed by atoms with Gasteiger partial charge < -0.3 is 14.7 Å². The molecule has 1 heterocycles. The summed E-state index contributed by atoms with van der Waals surface area (Å²) in [6, 6.07) is 12.3. The second-order valence-corrected chi connectivity index (χ2v) is 13.2. The predicted octanol–water partition coefficient (Wildman–Crippen LogP) is 5.49. The zero-order valence-corrected chi connectivity index (χ0v) is 27.4. The van der Waals surface area contributed by atoms with Gasteiger partial charge in [0.15, 0.2) is 12.2 Å². The molecule has 0 spiro atoms. The first-order valence-corrected chi connectivity index (χ1v) is 15.5. The number of hydrogen-bond donors (Lipinski definition) is 1. The lowest BCUT2D eigenvalue weighted by molar-refractivity contribution is -0.724. The lowest BCUT2D eigenvalue weighted by Crippen LogP contribution is -2.51. The van der Waals surface area contributed by atoms with Gasteiger partial charge in [-0.3, -0.25) is 9.63 Å². The summed E-state index contributed by atoms with van der Waals surface area (Å²) in [5, 5.41) is 20.5. The summed E-state index contributed by atoms with van der Waals surface area (Å²) >= 11 is 0. The maximum absolute atomic E-state index is 13.5. The van der Waals surface area contributed by atoms with Crippen molar-refractivity contribution >= 4 is 22.1 Å². The summed E-state index contributed by atoms with van der Waals surface area (Å²) in [5.41, 5.74) is -0.622. The number of hydrazine groups is 1. The van der Waals surface area contributed by atoms with E-state index < -0.39 is 58.4 Å². The summed E-state index contributed by atoms with van der Waals surface area (Å²) in [6.45, 7) is 10.1. The third kappa shape index (κ3) is 10.1. The van der Waals surface area contributed by atoms with Crippen molar-refractivity contribution in [2.45, 2.75) is 77.5 Å². The van der Waals surface area contributed by atoms with E-state index in [2.05, 4.69) is 10.4 Å². The Kier molecular flexibility index (Phi) is 11.1. The van der Waals surface area contributed by atoms with Gasteiger partial charge in [0.25, 0.3) is 22.2 Å². The van der Waals surface area contributed by atoms with Gasteiger partial charge in [-0.2, -0.15) is 18.3 Å². The van der Waals surface area contributed by atoms with Crippen LogP contribution in [0.5, 0.6) is 0 Å². The topological polar surface area (TPSA) is 167 Å². The minimum atomic E-state index is -4.73. The highest BCUT2D eigenvalue weighted by atomic mass is 32.2. The van der Waals surface area contributed by atoms with E-state index in [4.69, 9.17) is 14.3 Å². The van der Waals surface area contributed by atoms with Gasteiger partial charge in [-0.05, 0) is 71.9 Å². The minimum absolute atomic E-state index is 0.0977. The Labute approximate surface area is 269 Å². The number of carbonyl (C=O) groups is 2. The highest BCUT2D eigenvalue weighted by Gasteiger charge is 2.36. The lowest BCUT2D eigenvalue weighted by Gasteiger charge is -2.29. The van der Waals surface area contributed by atoms with Gasteiger partial charge in [-0.15, -0.1) is 5.01 Å². The Hall–Kier alpha value is -4.87. The standard InChI is InChI=1S/C29H35F3N6O8S/c1-18(2)44-27(40)45-20(4)46-35-38(41)36(28(5,6)7)17-26(39)34-47(42,43)23-14-12-22(13-15-23)37-24(16-25(33-37)29(30,31)32)21-10-8-19(3)9-11-21/h8-16,18,20H,17H2,1-7H3,(H,34,39)/b38-35-. The number of halogens is 3. The molecule has 47 heavy (non-hydrogen) atoms. The van der Waals surface area contributed by atoms with Crippen LogP contribution in [0, 0.1) is 12.1 Å². The van der Waals surface area contributed by atoms with E-state index in [1.165, 1.54) is 39.8 Å². The normalized spacial score (nSPS) is 13.2. The smallest absolute Gasteiger partial charge is 0.511 e. The highest BCUT2D eigenvalue weighted by molar-refractivity contribution is 7.90. The third-order valence-corrected chi connectivity index (χ3v) is 7.51. The van der Waals surface area contributed by atoms with E-state index >= 15 is 0 Å². The van der Waals surface area contributed by atoms with Crippen LogP contribution in [-0.4, -0.2) is 64.7 Å². The summed E-state index contributed by atoms with van der Waals surface area (Å²) in [4.78, 5) is 28.8. The largest absolute Gasteiger partial charge is 0.569 e. The molecule has 0 aliphatic rings. The average molecular weight is 685 g/mol. The first kappa shape index (κ1) is 36.6. The van der Waals surface area contributed by atoms with Crippen molar-refractivity contribution in [1.29, 1.82) is 0 Å². The van der Waals surface area contributed by atoms with Crippen molar-refractivity contribution in [2.75, 3.05) is 6.54 Å². The maximum Gasteiger partial charge on any atom is 0.511 e. The zero-order valence-electron chi connectivity index (χ0n) is 26.6. The lowest BCUT2D eigenvalue weighted by atomic mass is 10.1. The average Bonchev–Trinajstić information content (AvgIpc) is 3.40. The van der Waals surface area contributed by atoms with Crippen molar-refractivity contribution in [3.63, 3.8) is 0 Å². The van der Waals surface area contributed by atoms with Gasteiger partial charge in [-0.25, -0.2) is 22.6 Å². The number of amides is 1. The van der Waals surface area contributed by atoms with Crippen LogP contribution in [0.1, 0.15) is 52.8 Å². The third-order valence-electron chi connectivity index (χ3n) is 6.12. The van der Waals surface area contributed by atoms with Crippen LogP contribution in [-0.2, 0) is 35.3 Å². The number of rotatable bonds is 11. The van der Waals surface area contributed by atoms with E-state index in [0.717, 1.165) is 33.5 Å². The number of aromatic nitrogens is 2. The molecule has 1 N–H and O–H groups in total. The Bertz CT molecular complexity index is 1700. The molecule has 0 aliphatic carbocycles. The summed E-state index contributed by atoms with van der Waals surface area (Å²) in [5.74, 6) is -1.12. The molecule has 2 aromatic carbocycles. The van der Waals surface area contributed by atoms with E-state index in [1.807, 2.05) is 11.6 Å². The van der Waals surface area contributed by atoms with Crippen molar-refractivity contribution in [3.8, 4) is 16.9 Å². The number of sulfonamides is 1. The first-order chi connectivity index (χ1) is 21.7. The van der Waals surface area contributed by atoms with Crippen LogP contribution in [0.2, 0.25) is 0 Å². The molecule has 0 saturated heterocycles. The molecular weight excluding hydrogens is 649 g/mol. The van der Waals surface area contributed by atoms with Gasteiger partial charge >= 0.3 is 12.3 Å². The number of nitrogens with one attached hydrogen (secondary N) is 1. The molecule has 0 aliphatic heterocycles.